The van der Waals surface area contributed by atoms with Gasteiger partial charge in [0.15, 0.2) is 5.84 Å². The molecule has 15 heavy (non-hydrogen) atoms. The maximum atomic E-state index is 8.65. The summed E-state index contributed by atoms with van der Waals surface area (Å²) in [6.45, 7) is 6.06. The highest BCUT2D eigenvalue weighted by atomic mass is 16.5. The predicted octanol–water partition coefficient (Wildman–Crippen LogP) is 1.19. The van der Waals surface area contributed by atoms with Gasteiger partial charge in [-0.2, -0.15) is 0 Å². The third-order valence-corrected chi connectivity index (χ3v) is 1.96. The van der Waals surface area contributed by atoms with Crippen molar-refractivity contribution in [1.82, 2.24) is 4.98 Å². The molecule has 0 saturated carbocycles. The van der Waals surface area contributed by atoms with Gasteiger partial charge in [-0.05, 0) is 20.8 Å². The molecule has 5 nitrogen and oxygen atoms in total. The average molecular weight is 209 g/mol. The van der Waals surface area contributed by atoms with Crippen molar-refractivity contribution in [2.45, 2.75) is 20.8 Å². The van der Waals surface area contributed by atoms with Gasteiger partial charge in [0.1, 0.15) is 5.75 Å². The van der Waals surface area contributed by atoms with E-state index < -0.39 is 0 Å². The van der Waals surface area contributed by atoms with Crippen LogP contribution in [0.25, 0.3) is 0 Å². The van der Waals surface area contributed by atoms with Crippen LogP contribution in [0.4, 0.5) is 0 Å². The second kappa shape index (κ2) is 4.63. The minimum absolute atomic E-state index is 0.0171. The van der Waals surface area contributed by atoms with Gasteiger partial charge in [-0.3, -0.25) is 4.98 Å². The molecule has 3 N–H and O–H groups in total. The van der Waals surface area contributed by atoms with Gasteiger partial charge in [-0.15, -0.1) is 0 Å². The average Bonchev–Trinajstić information content (AvgIpc) is 2.16. The summed E-state index contributed by atoms with van der Waals surface area (Å²) in [5.74, 6) is 0.612. The van der Waals surface area contributed by atoms with Crippen molar-refractivity contribution in [3.63, 3.8) is 0 Å². The molecule has 1 rings (SSSR count). The summed E-state index contributed by atoms with van der Waals surface area (Å²) < 4.78 is 5.41. The normalized spacial score (nSPS) is 11.5. The summed E-state index contributed by atoms with van der Waals surface area (Å²) in [6, 6.07) is 1.77. The smallest absolute Gasteiger partial charge is 0.175 e. The van der Waals surface area contributed by atoms with E-state index in [9.17, 15) is 0 Å². The summed E-state index contributed by atoms with van der Waals surface area (Å²) in [6.07, 6.45) is 0. The molecule has 1 aromatic heterocycles. The van der Waals surface area contributed by atoms with Gasteiger partial charge in [0, 0.05) is 11.8 Å². The number of hydrogen-bond acceptors (Lipinski definition) is 4. The zero-order valence-electron chi connectivity index (χ0n) is 9.11. The first-order valence-corrected chi connectivity index (χ1v) is 4.69. The summed E-state index contributed by atoms with van der Waals surface area (Å²) >= 11 is 0. The fourth-order valence-electron chi connectivity index (χ4n) is 1.42. The number of oxime groups is 1. The van der Waals surface area contributed by atoms with E-state index in [1.54, 1.807) is 13.0 Å². The third kappa shape index (κ3) is 2.37. The van der Waals surface area contributed by atoms with Crippen molar-refractivity contribution in [2.24, 2.45) is 10.9 Å². The number of nitrogens with two attached hydrogens (primary N) is 1. The molecule has 0 saturated heterocycles. The van der Waals surface area contributed by atoms with Crippen molar-refractivity contribution in [3.8, 4) is 5.75 Å². The van der Waals surface area contributed by atoms with E-state index in [4.69, 9.17) is 15.7 Å². The van der Waals surface area contributed by atoms with E-state index in [2.05, 4.69) is 10.1 Å². The number of pyridine rings is 1. The summed E-state index contributed by atoms with van der Waals surface area (Å²) in [7, 11) is 0. The fraction of sp³-hybridized carbons (Fsp3) is 0.400. The number of hydrogen-bond donors (Lipinski definition) is 2. The molecule has 0 radical (unpaired) electrons. The van der Waals surface area contributed by atoms with Crippen LogP contribution in [-0.2, 0) is 0 Å². The molecule has 0 aromatic carbocycles. The third-order valence-electron chi connectivity index (χ3n) is 1.96. The minimum atomic E-state index is 0.0171. The van der Waals surface area contributed by atoms with Crippen molar-refractivity contribution < 1.29 is 9.94 Å². The molecule has 82 valence electrons. The number of amidine groups is 1. The van der Waals surface area contributed by atoms with Crippen molar-refractivity contribution in [2.75, 3.05) is 6.61 Å². The number of ether oxygens (including phenoxy) is 1. The van der Waals surface area contributed by atoms with Crippen LogP contribution in [0, 0.1) is 13.8 Å². The highest BCUT2D eigenvalue weighted by molar-refractivity contribution is 6.00. The second-order valence-corrected chi connectivity index (χ2v) is 3.14. The lowest BCUT2D eigenvalue weighted by molar-refractivity contribution is 0.316. The Morgan fingerprint density at radius 1 is 1.60 bits per heavy atom. The van der Waals surface area contributed by atoms with Crippen LogP contribution < -0.4 is 10.5 Å². The highest BCUT2D eigenvalue weighted by Crippen LogP contribution is 2.21. The molecule has 0 atom stereocenters. The quantitative estimate of drug-likeness (QED) is 0.339. The summed E-state index contributed by atoms with van der Waals surface area (Å²) in [5, 5.41) is 11.6. The standard InChI is InChI=1S/C10H15N3O2/c1-4-15-8-5-6(2)12-7(3)9(8)10(11)13-14/h5,14H,4H2,1-3H3,(H2,11,13). The zero-order valence-corrected chi connectivity index (χ0v) is 9.11. The van der Waals surface area contributed by atoms with Crippen LogP contribution in [-0.4, -0.2) is 22.6 Å². The fourth-order valence-corrected chi connectivity index (χ4v) is 1.42. The first-order valence-electron chi connectivity index (χ1n) is 4.69. The molecule has 0 aliphatic heterocycles. The van der Waals surface area contributed by atoms with Crippen LogP contribution >= 0.6 is 0 Å². The Balaban J connectivity index is 3.33. The van der Waals surface area contributed by atoms with Crippen molar-refractivity contribution >= 4 is 5.84 Å². The van der Waals surface area contributed by atoms with E-state index in [0.29, 0.717) is 23.6 Å². The number of nitrogens with zero attached hydrogens (tertiary/aromatic N) is 2. The molecule has 0 aliphatic carbocycles. The number of rotatable bonds is 3. The first-order chi connectivity index (χ1) is 7.10. The molecule has 0 aliphatic rings. The Hall–Kier alpha value is -1.78. The molecule has 1 aromatic rings. The Labute approximate surface area is 88.6 Å². The van der Waals surface area contributed by atoms with Gasteiger partial charge in [-0.1, -0.05) is 5.16 Å². The van der Waals surface area contributed by atoms with E-state index >= 15 is 0 Å². The van der Waals surface area contributed by atoms with Crippen molar-refractivity contribution in [3.05, 3.63) is 23.0 Å². The lowest BCUT2D eigenvalue weighted by atomic mass is 10.1. The molecule has 0 amide bonds. The Morgan fingerprint density at radius 3 is 2.80 bits per heavy atom. The van der Waals surface area contributed by atoms with E-state index in [1.165, 1.54) is 0 Å². The number of aromatic nitrogens is 1. The molecule has 1 heterocycles. The van der Waals surface area contributed by atoms with Gasteiger partial charge >= 0.3 is 0 Å². The molecule has 0 fully saturated rings. The lowest BCUT2D eigenvalue weighted by Crippen LogP contribution is -2.17. The first kappa shape index (κ1) is 11.3. The molecule has 0 bridgehead atoms. The monoisotopic (exact) mass is 209 g/mol. The van der Waals surface area contributed by atoms with Gasteiger partial charge in [-0.25, -0.2) is 0 Å². The van der Waals surface area contributed by atoms with Crippen LogP contribution in [0.5, 0.6) is 5.75 Å². The van der Waals surface area contributed by atoms with E-state index in [0.717, 1.165) is 5.69 Å². The molecule has 0 unspecified atom stereocenters. The predicted molar refractivity (Wildman–Crippen MR) is 57.4 cm³/mol. The van der Waals surface area contributed by atoms with Gasteiger partial charge in [0.2, 0.25) is 0 Å². The van der Waals surface area contributed by atoms with Crippen LogP contribution in [0.2, 0.25) is 0 Å². The Bertz CT molecular complexity index is 388. The Morgan fingerprint density at radius 2 is 2.27 bits per heavy atom. The van der Waals surface area contributed by atoms with Gasteiger partial charge in [0.25, 0.3) is 0 Å². The van der Waals surface area contributed by atoms with Gasteiger partial charge in [0.05, 0.1) is 17.9 Å². The number of aryl methyl sites for hydroxylation is 2. The van der Waals surface area contributed by atoms with Gasteiger partial charge < -0.3 is 15.7 Å². The molecule has 0 spiro atoms. The van der Waals surface area contributed by atoms with E-state index in [1.807, 2.05) is 13.8 Å². The van der Waals surface area contributed by atoms with Crippen LogP contribution in [0.3, 0.4) is 0 Å². The van der Waals surface area contributed by atoms with Crippen LogP contribution in [0.15, 0.2) is 11.2 Å². The SMILES string of the molecule is CCOc1cc(C)nc(C)c1/C(N)=N/O. The summed E-state index contributed by atoms with van der Waals surface area (Å²) in [4.78, 5) is 4.23. The lowest BCUT2D eigenvalue weighted by Gasteiger charge is -2.11. The summed E-state index contributed by atoms with van der Waals surface area (Å²) in [5.41, 5.74) is 7.63. The Kier molecular flexibility index (Phi) is 3.49. The zero-order chi connectivity index (χ0) is 11.4. The maximum absolute atomic E-state index is 8.65. The maximum Gasteiger partial charge on any atom is 0.175 e. The topological polar surface area (TPSA) is 80.7 Å². The molecular formula is C10H15N3O2. The second-order valence-electron chi connectivity index (χ2n) is 3.14. The van der Waals surface area contributed by atoms with Crippen molar-refractivity contribution in [1.29, 1.82) is 0 Å². The van der Waals surface area contributed by atoms with Crippen LogP contribution in [0.1, 0.15) is 23.9 Å². The minimum Gasteiger partial charge on any atom is -0.493 e. The molecular weight excluding hydrogens is 194 g/mol. The highest BCUT2D eigenvalue weighted by Gasteiger charge is 2.13. The van der Waals surface area contributed by atoms with E-state index in [-0.39, 0.29) is 5.84 Å². The molecule has 5 heteroatoms. The largest absolute Gasteiger partial charge is 0.493 e.